The van der Waals surface area contributed by atoms with Crippen molar-refractivity contribution >= 4 is 17.6 Å². The zero-order valence-electron chi connectivity index (χ0n) is 10.5. The fourth-order valence-electron chi connectivity index (χ4n) is 2.80. The van der Waals surface area contributed by atoms with Crippen molar-refractivity contribution in [3.63, 3.8) is 0 Å². The molecule has 3 heterocycles. The largest absolute Gasteiger partial charge is 0.477 e. The van der Waals surface area contributed by atoms with E-state index in [4.69, 9.17) is 5.11 Å². The Balaban J connectivity index is 1.73. The summed E-state index contributed by atoms with van der Waals surface area (Å²) in [5, 5.41) is 8.82. The molecule has 0 radical (unpaired) electrons. The maximum atomic E-state index is 11.6. The summed E-state index contributed by atoms with van der Waals surface area (Å²) in [6.07, 6.45) is 3.15. The topological polar surface area (TPSA) is 73.7 Å². The molecule has 2 fully saturated rings. The van der Waals surface area contributed by atoms with Gasteiger partial charge >= 0.3 is 5.97 Å². The Morgan fingerprint density at radius 1 is 1.37 bits per heavy atom. The number of hydrogen-bond donors (Lipinski definition) is 1. The minimum atomic E-state index is -1.02. The molecule has 1 amide bonds. The molecular formula is C13H15N3O3. The molecule has 0 saturated carbocycles. The maximum Gasteiger partial charge on any atom is 0.354 e. The molecule has 1 aromatic rings. The van der Waals surface area contributed by atoms with Crippen LogP contribution in [-0.4, -0.2) is 52.5 Å². The van der Waals surface area contributed by atoms with Gasteiger partial charge in [0.1, 0.15) is 5.69 Å². The lowest BCUT2D eigenvalue weighted by molar-refractivity contribution is -0.129. The van der Waals surface area contributed by atoms with Gasteiger partial charge in [0.25, 0.3) is 0 Å². The van der Waals surface area contributed by atoms with Crippen LogP contribution in [0.3, 0.4) is 0 Å². The first-order valence-electron chi connectivity index (χ1n) is 6.39. The van der Waals surface area contributed by atoms with Gasteiger partial charge in [-0.25, -0.2) is 9.78 Å². The number of carboxylic acid groups (broad SMARTS) is 1. The zero-order valence-corrected chi connectivity index (χ0v) is 10.5. The van der Waals surface area contributed by atoms with Crippen molar-refractivity contribution < 1.29 is 14.7 Å². The molecule has 19 heavy (non-hydrogen) atoms. The first kappa shape index (κ1) is 12.0. The molecule has 2 aliphatic heterocycles. The van der Waals surface area contributed by atoms with Crippen LogP contribution in [0, 0.1) is 0 Å². The summed E-state index contributed by atoms with van der Waals surface area (Å²) in [5.74, 6) is -0.762. The first-order chi connectivity index (χ1) is 9.15. The van der Waals surface area contributed by atoms with Crippen LogP contribution in [0.5, 0.6) is 0 Å². The lowest BCUT2D eigenvalue weighted by Gasteiger charge is -2.38. The number of carboxylic acids is 1. The quantitative estimate of drug-likeness (QED) is 0.843. The van der Waals surface area contributed by atoms with Gasteiger partial charge in [0.15, 0.2) is 0 Å². The van der Waals surface area contributed by atoms with E-state index in [1.54, 1.807) is 12.3 Å². The van der Waals surface area contributed by atoms with Gasteiger partial charge < -0.3 is 14.9 Å². The summed E-state index contributed by atoms with van der Waals surface area (Å²) in [7, 11) is 0. The zero-order chi connectivity index (χ0) is 13.4. The van der Waals surface area contributed by atoms with E-state index in [0.29, 0.717) is 12.5 Å². The van der Waals surface area contributed by atoms with Crippen LogP contribution < -0.4 is 4.90 Å². The van der Waals surface area contributed by atoms with Gasteiger partial charge in [-0.15, -0.1) is 0 Å². The highest BCUT2D eigenvalue weighted by Crippen LogP contribution is 2.25. The van der Waals surface area contributed by atoms with Crippen LogP contribution in [0.25, 0.3) is 0 Å². The monoisotopic (exact) mass is 261 g/mol. The molecule has 0 bridgehead atoms. The summed E-state index contributed by atoms with van der Waals surface area (Å²) >= 11 is 0. The number of hydrogen-bond acceptors (Lipinski definition) is 4. The Morgan fingerprint density at radius 3 is 2.89 bits per heavy atom. The second-order valence-corrected chi connectivity index (χ2v) is 4.93. The molecule has 2 saturated heterocycles. The van der Waals surface area contributed by atoms with Gasteiger partial charge in [-0.3, -0.25) is 4.79 Å². The van der Waals surface area contributed by atoms with Crippen molar-refractivity contribution in [1.29, 1.82) is 0 Å². The molecule has 3 rings (SSSR count). The van der Waals surface area contributed by atoms with E-state index < -0.39 is 5.97 Å². The number of fused-ring (bicyclic) bond motifs is 1. The molecule has 1 N–H and O–H groups in total. The molecule has 2 aliphatic rings. The molecular weight excluding hydrogens is 246 g/mol. The van der Waals surface area contributed by atoms with Gasteiger partial charge in [0.2, 0.25) is 5.91 Å². The molecule has 6 heteroatoms. The maximum absolute atomic E-state index is 11.6. The number of anilines is 1. The second-order valence-electron chi connectivity index (χ2n) is 4.93. The predicted molar refractivity (Wildman–Crippen MR) is 68.1 cm³/mol. The normalized spacial score (nSPS) is 22.5. The third-order valence-electron chi connectivity index (χ3n) is 3.83. The minimum Gasteiger partial charge on any atom is -0.477 e. The number of aromatic nitrogens is 1. The minimum absolute atomic E-state index is 0.0541. The third-order valence-corrected chi connectivity index (χ3v) is 3.83. The van der Waals surface area contributed by atoms with Crippen LogP contribution in [0.15, 0.2) is 18.3 Å². The molecule has 1 aromatic heterocycles. The van der Waals surface area contributed by atoms with Crippen molar-refractivity contribution in [1.82, 2.24) is 9.88 Å². The van der Waals surface area contributed by atoms with Crippen LogP contribution in [-0.2, 0) is 4.79 Å². The number of aromatic carboxylic acids is 1. The predicted octanol–water partition coefficient (Wildman–Crippen LogP) is 0.591. The Morgan fingerprint density at radius 2 is 2.21 bits per heavy atom. The highest BCUT2D eigenvalue weighted by Gasteiger charge is 2.35. The average Bonchev–Trinajstić information content (AvgIpc) is 2.80. The number of piperazine rings is 1. The van der Waals surface area contributed by atoms with Gasteiger partial charge in [-0.2, -0.15) is 0 Å². The number of carbonyl (C=O) groups is 2. The Hall–Kier alpha value is -2.11. The molecule has 1 atom stereocenters. The van der Waals surface area contributed by atoms with Crippen LogP contribution in [0.4, 0.5) is 5.69 Å². The van der Waals surface area contributed by atoms with Crippen molar-refractivity contribution in [2.45, 2.75) is 18.9 Å². The summed E-state index contributed by atoms with van der Waals surface area (Å²) in [6.45, 7) is 2.32. The third kappa shape index (κ3) is 2.14. The van der Waals surface area contributed by atoms with Crippen LogP contribution in [0.1, 0.15) is 23.3 Å². The van der Waals surface area contributed by atoms with E-state index in [9.17, 15) is 9.59 Å². The fraction of sp³-hybridized carbons (Fsp3) is 0.462. The molecule has 1 unspecified atom stereocenters. The Labute approximate surface area is 110 Å². The van der Waals surface area contributed by atoms with E-state index in [-0.39, 0.29) is 11.6 Å². The van der Waals surface area contributed by atoms with Gasteiger partial charge in [-0.05, 0) is 18.6 Å². The lowest BCUT2D eigenvalue weighted by atomic mass is 10.1. The second kappa shape index (κ2) is 4.53. The standard InChI is InChI=1S/C13H15N3O3/c17-12-4-2-10-8-15(5-6-16(10)12)9-1-3-11(13(18)19)14-7-9/h1,3,7,10H,2,4-6,8H2,(H,18,19). The van der Waals surface area contributed by atoms with E-state index in [0.717, 1.165) is 31.7 Å². The van der Waals surface area contributed by atoms with E-state index >= 15 is 0 Å². The molecule has 100 valence electrons. The van der Waals surface area contributed by atoms with E-state index in [1.165, 1.54) is 6.07 Å². The van der Waals surface area contributed by atoms with Crippen molar-refractivity contribution in [2.75, 3.05) is 24.5 Å². The molecule has 6 nitrogen and oxygen atoms in total. The molecule has 0 spiro atoms. The first-order valence-corrected chi connectivity index (χ1v) is 6.39. The van der Waals surface area contributed by atoms with Crippen molar-refractivity contribution in [3.05, 3.63) is 24.0 Å². The smallest absolute Gasteiger partial charge is 0.354 e. The summed E-state index contributed by atoms with van der Waals surface area (Å²) in [5.41, 5.74) is 0.974. The number of carbonyl (C=O) groups excluding carboxylic acids is 1. The summed E-state index contributed by atoms with van der Waals surface area (Å²) in [6, 6.07) is 3.59. The Kier molecular flexibility index (Phi) is 2.85. The molecule has 0 aromatic carbocycles. The van der Waals surface area contributed by atoms with Gasteiger partial charge in [0, 0.05) is 32.1 Å². The van der Waals surface area contributed by atoms with Crippen LogP contribution in [0.2, 0.25) is 0 Å². The van der Waals surface area contributed by atoms with E-state index in [2.05, 4.69) is 9.88 Å². The van der Waals surface area contributed by atoms with Gasteiger partial charge in [0.05, 0.1) is 11.9 Å². The number of amides is 1. The number of rotatable bonds is 2. The van der Waals surface area contributed by atoms with Crippen molar-refractivity contribution in [3.8, 4) is 0 Å². The molecule has 0 aliphatic carbocycles. The Bertz CT molecular complexity index is 514. The summed E-state index contributed by atoms with van der Waals surface area (Å²) in [4.78, 5) is 30.4. The number of nitrogens with zero attached hydrogens (tertiary/aromatic N) is 3. The lowest BCUT2D eigenvalue weighted by Crippen LogP contribution is -2.51. The van der Waals surface area contributed by atoms with Crippen molar-refractivity contribution in [2.24, 2.45) is 0 Å². The van der Waals surface area contributed by atoms with E-state index in [1.807, 2.05) is 4.90 Å². The number of pyridine rings is 1. The fourth-order valence-corrected chi connectivity index (χ4v) is 2.80. The van der Waals surface area contributed by atoms with Gasteiger partial charge in [-0.1, -0.05) is 0 Å². The highest BCUT2D eigenvalue weighted by atomic mass is 16.4. The SMILES string of the molecule is O=C(O)c1ccc(N2CCN3C(=O)CCC3C2)cn1. The average molecular weight is 261 g/mol. The van der Waals surface area contributed by atoms with Crippen LogP contribution >= 0.6 is 0 Å². The summed E-state index contributed by atoms with van der Waals surface area (Å²) < 4.78 is 0. The highest BCUT2D eigenvalue weighted by molar-refractivity contribution is 5.85.